The number of nitrogens with zero attached hydrogens (tertiary/aromatic N) is 1. The number of benzene rings is 2. The van der Waals surface area contributed by atoms with Crippen LogP contribution in [0, 0.1) is 0 Å². The molecule has 6 heteroatoms. The summed E-state index contributed by atoms with van der Waals surface area (Å²) in [4.78, 5) is 6.22. The highest BCUT2D eigenvalue weighted by Gasteiger charge is 2.32. The molecule has 3 heterocycles. The fourth-order valence-corrected chi connectivity index (χ4v) is 4.86. The van der Waals surface area contributed by atoms with Gasteiger partial charge in [0.25, 0.3) is 0 Å². The van der Waals surface area contributed by atoms with Crippen molar-refractivity contribution in [1.29, 1.82) is 0 Å². The predicted molar refractivity (Wildman–Crippen MR) is 118 cm³/mol. The number of aromatic amines is 1. The summed E-state index contributed by atoms with van der Waals surface area (Å²) in [6.45, 7) is 3.48. The van der Waals surface area contributed by atoms with Crippen molar-refractivity contribution >= 4 is 22.5 Å². The van der Waals surface area contributed by atoms with Crippen LogP contribution in [0.1, 0.15) is 35.7 Å². The fourth-order valence-electron chi connectivity index (χ4n) is 4.69. The molecular formula is C24H27ClN2O3. The quantitative estimate of drug-likeness (QED) is 0.628. The summed E-state index contributed by atoms with van der Waals surface area (Å²) in [5, 5.41) is 2.01. The average Bonchev–Trinajstić information content (AvgIpc) is 3.16. The smallest absolute Gasteiger partial charge is 0.158 e. The Balaban J connectivity index is 1.49. The predicted octanol–water partition coefficient (Wildman–Crippen LogP) is 4.93. The van der Waals surface area contributed by atoms with E-state index in [1.165, 1.54) is 22.2 Å². The number of methoxy groups -OCH3 is 1. The number of H-pyrrole nitrogens is 1. The van der Waals surface area contributed by atoms with E-state index >= 15 is 0 Å². The van der Waals surface area contributed by atoms with E-state index < -0.39 is 0 Å². The first-order valence-electron chi connectivity index (χ1n) is 10.6. The molecule has 30 heavy (non-hydrogen) atoms. The number of nitrogens with one attached hydrogen (secondary N) is 1. The normalized spacial score (nSPS) is 20.4. The van der Waals surface area contributed by atoms with Gasteiger partial charge in [-0.25, -0.2) is 0 Å². The monoisotopic (exact) mass is 426 g/mol. The van der Waals surface area contributed by atoms with Gasteiger partial charge in [-0.1, -0.05) is 23.7 Å². The van der Waals surface area contributed by atoms with Crippen LogP contribution in [0.3, 0.4) is 0 Å². The summed E-state index contributed by atoms with van der Waals surface area (Å²) in [6.07, 6.45) is 2.75. The van der Waals surface area contributed by atoms with E-state index in [0.29, 0.717) is 0 Å². The van der Waals surface area contributed by atoms with E-state index in [4.69, 9.17) is 25.8 Å². The Labute approximate surface area is 181 Å². The van der Waals surface area contributed by atoms with Crippen LogP contribution in [-0.4, -0.2) is 49.6 Å². The van der Waals surface area contributed by atoms with Crippen molar-refractivity contribution in [2.24, 2.45) is 0 Å². The van der Waals surface area contributed by atoms with Crippen LogP contribution in [0.25, 0.3) is 10.9 Å². The van der Waals surface area contributed by atoms with Crippen molar-refractivity contribution in [2.75, 3.05) is 33.4 Å². The molecule has 0 bridgehead atoms. The van der Waals surface area contributed by atoms with Crippen LogP contribution in [0.4, 0.5) is 0 Å². The van der Waals surface area contributed by atoms with Crippen LogP contribution < -0.4 is 4.74 Å². The van der Waals surface area contributed by atoms with E-state index in [1.54, 1.807) is 7.11 Å². The minimum Gasteiger partial charge on any atom is -0.497 e. The summed E-state index contributed by atoms with van der Waals surface area (Å²) in [5.74, 6) is 0.869. The van der Waals surface area contributed by atoms with Crippen molar-refractivity contribution in [1.82, 2.24) is 9.88 Å². The molecule has 0 aliphatic carbocycles. The molecule has 1 saturated heterocycles. The van der Waals surface area contributed by atoms with Crippen molar-refractivity contribution in [3.05, 3.63) is 64.3 Å². The van der Waals surface area contributed by atoms with E-state index in [0.717, 1.165) is 61.9 Å². The fraction of sp³-hybridized carbons (Fsp3) is 0.417. The molecule has 3 aromatic rings. The third-order valence-electron chi connectivity index (χ3n) is 6.17. The van der Waals surface area contributed by atoms with Gasteiger partial charge in [0.15, 0.2) is 6.29 Å². The maximum absolute atomic E-state index is 6.30. The maximum Gasteiger partial charge on any atom is 0.158 e. The largest absolute Gasteiger partial charge is 0.497 e. The molecule has 1 unspecified atom stereocenters. The Kier molecular flexibility index (Phi) is 5.70. The Bertz CT molecular complexity index is 1010. The van der Waals surface area contributed by atoms with Gasteiger partial charge in [-0.05, 0) is 54.3 Å². The van der Waals surface area contributed by atoms with Gasteiger partial charge < -0.3 is 19.2 Å². The van der Waals surface area contributed by atoms with Gasteiger partial charge in [0.2, 0.25) is 0 Å². The second kappa shape index (κ2) is 8.60. The number of halogens is 1. The van der Waals surface area contributed by atoms with Crippen LogP contribution in [0.15, 0.2) is 42.5 Å². The molecule has 158 valence electrons. The van der Waals surface area contributed by atoms with Gasteiger partial charge in [0, 0.05) is 41.1 Å². The zero-order valence-corrected chi connectivity index (χ0v) is 18.0. The standard InChI is InChI=1S/C24H27ClN2O3/c1-28-18-6-3-16(4-7-18)24-23-19(20-15-17(25)5-8-21(20)26-23)9-11-27(24)12-10-22-29-13-2-14-30-22/h3-8,15,22,24,26H,2,9-14H2,1H3. The number of hydrogen-bond donors (Lipinski definition) is 1. The lowest BCUT2D eigenvalue weighted by atomic mass is 9.92. The zero-order valence-electron chi connectivity index (χ0n) is 17.2. The van der Waals surface area contributed by atoms with Crippen molar-refractivity contribution in [2.45, 2.75) is 31.6 Å². The molecule has 0 spiro atoms. The van der Waals surface area contributed by atoms with Gasteiger partial charge in [-0.2, -0.15) is 0 Å². The molecule has 0 radical (unpaired) electrons. The average molecular weight is 427 g/mol. The highest BCUT2D eigenvalue weighted by atomic mass is 35.5. The molecule has 0 amide bonds. The minimum absolute atomic E-state index is 0.0989. The second-order valence-electron chi connectivity index (χ2n) is 7.98. The summed E-state index contributed by atoms with van der Waals surface area (Å²) in [5.41, 5.74) is 5.02. The van der Waals surface area contributed by atoms with Crippen LogP contribution in [0.5, 0.6) is 5.75 Å². The molecule has 1 atom stereocenters. The Morgan fingerprint density at radius 3 is 2.70 bits per heavy atom. The SMILES string of the molecule is COc1ccc(C2c3[nH]c4ccc(Cl)cc4c3CCN2CCC2OCCCO2)cc1. The van der Waals surface area contributed by atoms with E-state index in [-0.39, 0.29) is 12.3 Å². The Morgan fingerprint density at radius 1 is 1.13 bits per heavy atom. The number of aromatic nitrogens is 1. The molecule has 2 aliphatic heterocycles. The lowest BCUT2D eigenvalue weighted by Crippen LogP contribution is -2.39. The number of fused-ring (bicyclic) bond motifs is 3. The lowest BCUT2D eigenvalue weighted by Gasteiger charge is -2.37. The Hall–Kier alpha value is -2.05. The third-order valence-corrected chi connectivity index (χ3v) is 6.40. The first-order chi connectivity index (χ1) is 14.7. The first kappa shape index (κ1) is 19.9. The number of ether oxygens (including phenoxy) is 3. The number of hydrogen-bond acceptors (Lipinski definition) is 4. The van der Waals surface area contributed by atoms with E-state index in [1.807, 2.05) is 18.2 Å². The van der Waals surface area contributed by atoms with Gasteiger partial charge in [0.1, 0.15) is 5.75 Å². The van der Waals surface area contributed by atoms with Crippen molar-refractivity contribution in [3.8, 4) is 5.75 Å². The van der Waals surface area contributed by atoms with Crippen molar-refractivity contribution < 1.29 is 14.2 Å². The highest BCUT2D eigenvalue weighted by molar-refractivity contribution is 6.31. The van der Waals surface area contributed by atoms with Crippen LogP contribution >= 0.6 is 11.6 Å². The Morgan fingerprint density at radius 2 is 1.93 bits per heavy atom. The third kappa shape index (κ3) is 3.83. The topological polar surface area (TPSA) is 46.7 Å². The lowest BCUT2D eigenvalue weighted by molar-refractivity contribution is -0.183. The molecule has 1 fully saturated rings. The summed E-state index contributed by atoms with van der Waals surface area (Å²) < 4.78 is 16.9. The molecule has 2 aromatic carbocycles. The molecule has 0 saturated carbocycles. The van der Waals surface area contributed by atoms with Gasteiger partial charge in [-0.15, -0.1) is 0 Å². The molecular weight excluding hydrogens is 400 g/mol. The molecule has 1 aromatic heterocycles. The molecule has 5 nitrogen and oxygen atoms in total. The highest BCUT2D eigenvalue weighted by Crippen LogP contribution is 2.39. The van der Waals surface area contributed by atoms with Crippen molar-refractivity contribution in [3.63, 3.8) is 0 Å². The first-order valence-corrected chi connectivity index (χ1v) is 11.0. The van der Waals surface area contributed by atoms with Gasteiger partial charge in [-0.3, -0.25) is 4.90 Å². The van der Waals surface area contributed by atoms with E-state index in [2.05, 4.69) is 34.1 Å². The zero-order chi connectivity index (χ0) is 20.5. The summed E-state index contributed by atoms with van der Waals surface area (Å²) in [7, 11) is 1.70. The molecule has 5 rings (SSSR count). The molecule has 2 aliphatic rings. The summed E-state index contributed by atoms with van der Waals surface area (Å²) >= 11 is 6.30. The molecule has 1 N–H and O–H groups in total. The second-order valence-corrected chi connectivity index (χ2v) is 8.42. The summed E-state index contributed by atoms with van der Waals surface area (Å²) in [6, 6.07) is 14.7. The van der Waals surface area contributed by atoms with Gasteiger partial charge in [0.05, 0.1) is 26.4 Å². The minimum atomic E-state index is -0.0989. The maximum atomic E-state index is 6.30. The van der Waals surface area contributed by atoms with Crippen LogP contribution in [0.2, 0.25) is 5.02 Å². The van der Waals surface area contributed by atoms with E-state index in [9.17, 15) is 0 Å². The van der Waals surface area contributed by atoms with Gasteiger partial charge >= 0.3 is 0 Å². The van der Waals surface area contributed by atoms with Crippen LogP contribution in [-0.2, 0) is 15.9 Å². The number of rotatable bonds is 5.